The van der Waals surface area contributed by atoms with E-state index in [1.807, 2.05) is 13.8 Å². The molecular weight excluding hydrogens is 232 g/mol. The summed E-state index contributed by atoms with van der Waals surface area (Å²) in [4.78, 5) is 22.7. The van der Waals surface area contributed by atoms with Gasteiger partial charge in [0.15, 0.2) is 0 Å². The number of hydrogen-bond acceptors (Lipinski definition) is 4. The van der Waals surface area contributed by atoms with Gasteiger partial charge in [-0.2, -0.15) is 0 Å². The molecule has 0 spiro atoms. The first-order valence-electron chi connectivity index (χ1n) is 7.08. The van der Waals surface area contributed by atoms with Gasteiger partial charge in [0.05, 0.1) is 6.61 Å². The van der Waals surface area contributed by atoms with Crippen LogP contribution in [0.2, 0.25) is 0 Å². The summed E-state index contributed by atoms with van der Waals surface area (Å²) in [5.74, 6) is -0.407. The van der Waals surface area contributed by atoms with Crippen molar-refractivity contribution in [1.82, 2.24) is 0 Å². The van der Waals surface area contributed by atoms with Gasteiger partial charge in [0.25, 0.3) is 0 Å². The van der Waals surface area contributed by atoms with Gasteiger partial charge in [0.2, 0.25) is 5.79 Å². The summed E-state index contributed by atoms with van der Waals surface area (Å²) in [5, 5.41) is 0. The van der Waals surface area contributed by atoms with Crippen LogP contribution < -0.4 is 0 Å². The molecule has 4 nitrogen and oxygen atoms in total. The minimum atomic E-state index is -0.750. The lowest BCUT2D eigenvalue weighted by Gasteiger charge is -2.46. The third kappa shape index (κ3) is 2.76. The van der Waals surface area contributed by atoms with Gasteiger partial charge in [-0.05, 0) is 19.8 Å². The zero-order valence-corrected chi connectivity index (χ0v) is 11.6. The molecule has 2 rings (SSSR count). The molecule has 0 unspecified atom stereocenters. The van der Waals surface area contributed by atoms with E-state index >= 15 is 0 Å². The first kappa shape index (κ1) is 14.0. The maximum Gasteiger partial charge on any atom is 0.202 e. The predicted molar refractivity (Wildman–Crippen MR) is 66.7 cm³/mol. The second kappa shape index (κ2) is 5.68. The fraction of sp³-hybridized carbons (Fsp3) is 0.929. The van der Waals surface area contributed by atoms with Crippen LogP contribution in [0.25, 0.3) is 0 Å². The van der Waals surface area contributed by atoms with Crippen LogP contribution in [0.5, 0.6) is 0 Å². The highest BCUT2D eigenvalue weighted by molar-refractivity contribution is 5.82. The lowest BCUT2D eigenvalue weighted by Crippen LogP contribution is -2.54. The maximum absolute atomic E-state index is 11.9. The topological polar surface area (TPSA) is 44.8 Å². The summed E-state index contributed by atoms with van der Waals surface area (Å²) in [6.07, 6.45) is 4.65. The monoisotopic (exact) mass is 256 g/mol. The van der Waals surface area contributed by atoms with Crippen molar-refractivity contribution in [3.05, 3.63) is 0 Å². The van der Waals surface area contributed by atoms with Crippen LogP contribution in [0.15, 0.2) is 0 Å². The van der Waals surface area contributed by atoms with Gasteiger partial charge in [-0.1, -0.05) is 26.7 Å². The molecule has 2 bridgehead atoms. The lowest BCUT2D eigenvalue weighted by atomic mass is 9.75. The van der Waals surface area contributed by atoms with E-state index in [1.54, 1.807) is 0 Å². The number of carbonyl (C=O) groups excluding carboxylic acids is 1. The van der Waals surface area contributed by atoms with E-state index in [0.717, 1.165) is 19.3 Å². The number of hydrogen-bond donors (Lipinski definition) is 0. The molecule has 2 aliphatic rings. The van der Waals surface area contributed by atoms with Crippen molar-refractivity contribution in [3.8, 4) is 0 Å². The molecule has 0 aromatic carbocycles. The smallest absolute Gasteiger partial charge is 0.202 e. The first-order chi connectivity index (χ1) is 8.57. The van der Waals surface area contributed by atoms with Crippen LogP contribution in [-0.4, -0.2) is 24.3 Å². The second-order valence-electron chi connectivity index (χ2n) is 5.68. The zero-order valence-electron chi connectivity index (χ0n) is 11.6. The molecule has 104 valence electrons. The Hall–Kier alpha value is -0.450. The number of carbonyl (C=O) groups is 1. The summed E-state index contributed by atoms with van der Waals surface area (Å²) in [6, 6.07) is 0. The minimum absolute atomic E-state index is 0.0501. The van der Waals surface area contributed by atoms with E-state index in [2.05, 4.69) is 6.92 Å². The van der Waals surface area contributed by atoms with Crippen molar-refractivity contribution in [3.63, 3.8) is 0 Å². The Kier molecular flexibility index (Phi) is 4.41. The normalized spacial score (nSPS) is 39.9. The summed E-state index contributed by atoms with van der Waals surface area (Å²) in [6.45, 7) is 6.63. The largest absolute Gasteiger partial charge is 0.347 e. The highest BCUT2D eigenvalue weighted by Crippen LogP contribution is 2.42. The molecule has 0 N–H and O–H groups in total. The van der Waals surface area contributed by atoms with Gasteiger partial charge in [0, 0.05) is 18.3 Å². The predicted octanol–water partition coefficient (Wildman–Crippen LogP) is 2.86. The van der Waals surface area contributed by atoms with Crippen LogP contribution in [-0.2, 0) is 19.3 Å². The molecule has 1 aliphatic carbocycles. The quantitative estimate of drug-likeness (QED) is 0.560. The van der Waals surface area contributed by atoms with E-state index in [9.17, 15) is 4.79 Å². The number of ether oxygens (including phenoxy) is 1. The van der Waals surface area contributed by atoms with Crippen molar-refractivity contribution in [2.45, 2.75) is 64.8 Å². The highest BCUT2D eigenvalue weighted by Gasteiger charge is 2.50. The Balaban J connectivity index is 1.91. The van der Waals surface area contributed by atoms with Gasteiger partial charge in [-0.3, -0.25) is 4.79 Å². The molecule has 18 heavy (non-hydrogen) atoms. The van der Waals surface area contributed by atoms with Crippen LogP contribution in [0.1, 0.15) is 52.9 Å². The van der Waals surface area contributed by atoms with Crippen LogP contribution >= 0.6 is 0 Å². The molecule has 4 atom stereocenters. The Morgan fingerprint density at radius 1 is 1.44 bits per heavy atom. The lowest BCUT2D eigenvalue weighted by molar-refractivity contribution is -0.485. The second-order valence-corrected chi connectivity index (χ2v) is 5.68. The van der Waals surface area contributed by atoms with E-state index < -0.39 is 5.79 Å². The molecule has 1 aliphatic heterocycles. The Morgan fingerprint density at radius 2 is 2.22 bits per heavy atom. The Morgan fingerprint density at radius 3 is 2.94 bits per heavy atom. The number of ketones is 1. The molecule has 0 aromatic rings. The van der Waals surface area contributed by atoms with E-state index in [-0.39, 0.29) is 23.7 Å². The molecule has 0 amide bonds. The molecule has 0 aromatic heterocycles. The number of rotatable bonds is 5. The summed E-state index contributed by atoms with van der Waals surface area (Å²) in [7, 11) is 0. The fourth-order valence-electron chi connectivity index (χ4n) is 2.72. The Labute approximate surface area is 109 Å². The van der Waals surface area contributed by atoms with Gasteiger partial charge in [0.1, 0.15) is 11.9 Å². The SMILES string of the molecule is CCCCCO[C@@]1(C)OO[C@@H]2C[C@H]1CC(=O)[C@H]2C. The molecule has 0 radical (unpaired) electrons. The Bertz CT molecular complexity index is 304. The van der Waals surface area contributed by atoms with E-state index in [1.165, 1.54) is 6.42 Å². The molecule has 1 saturated carbocycles. The van der Waals surface area contributed by atoms with Crippen molar-refractivity contribution in [2.75, 3.05) is 6.61 Å². The third-order valence-electron chi connectivity index (χ3n) is 4.25. The molecular formula is C14H24O4. The average Bonchev–Trinajstić information content (AvgIpc) is 2.36. The van der Waals surface area contributed by atoms with Gasteiger partial charge < -0.3 is 4.74 Å². The third-order valence-corrected chi connectivity index (χ3v) is 4.25. The average molecular weight is 256 g/mol. The number of fused-ring (bicyclic) bond motifs is 2. The molecule has 1 heterocycles. The highest BCUT2D eigenvalue weighted by atomic mass is 17.2. The molecule has 2 fully saturated rings. The van der Waals surface area contributed by atoms with Gasteiger partial charge >= 0.3 is 0 Å². The van der Waals surface area contributed by atoms with Crippen molar-refractivity contribution in [2.24, 2.45) is 11.8 Å². The summed E-state index contributed by atoms with van der Waals surface area (Å²) in [5.41, 5.74) is 0. The van der Waals surface area contributed by atoms with Crippen LogP contribution in [0, 0.1) is 11.8 Å². The van der Waals surface area contributed by atoms with Crippen molar-refractivity contribution >= 4 is 5.78 Å². The standard InChI is InChI=1S/C14H24O4/c1-4-5-6-7-16-14(3)11-8-12(15)10(2)13(9-11)17-18-14/h10-11,13H,4-9H2,1-3H3/t10-,11-,13-,14+/m1/s1. The van der Waals surface area contributed by atoms with Gasteiger partial charge in [-0.15, -0.1) is 0 Å². The molecule has 1 saturated heterocycles. The summed E-state index contributed by atoms with van der Waals surface area (Å²) >= 11 is 0. The van der Waals surface area contributed by atoms with Crippen LogP contribution in [0.3, 0.4) is 0 Å². The van der Waals surface area contributed by atoms with Crippen molar-refractivity contribution in [1.29, 1.82) is 0 Å². The van der Waals surface area contributed by atoms with E-state index in [0.29, 0.717) is 13.0 Å². The summed E-state index contributed by atoms with van der Waals surface area (Å²) < 4.78 is 5.84. The number of unbranched alkanes of at least 4 members (excludes halogenated alkanes) is 2. The molecule has 4 heteroatoms. The fourth-order valence-corrected chi connectivity index (χ4v) is 2.72. The van der Waals surface area contributed by atoms with Crippen molar-refractivity contribution < 1.29 is 19.3 Å². The van der Waals surface area contributed by atoms with Gasteiger partial charge in [-0.25, -0.2) is 9.78 Å². The first-order valence-corrected chi connectivity index (χ1v) is 7.08. The maximum atomic E-state index is 11.9. The minimum Gasteiger partial charge on any atom is -0.347 e. The van der Waals surface area contributed by atoms with Crippen LogP contribution in [0.4, 0.5) is 0 Å². The zero-order chi connectivity index (χ0) is 13.2. The van der Waals surface area contributed by atoms with E-state index in [4.69, 9.17) is 14.5 Å². The number of Topliss-reactive ketones (excluding diaryl/α,β-unsaturated/α-hetero) is 1.